The Balaban J connectivity index is 2.02. The van der Waals surface area contributed by atoms with Gasteiger partial charge in [0, 0.05) is 5.56 Å². The lowest BCUT2D eigenvalue weighted by atomic mass is 10.1. The van der Waals surface area contributed by atoms with E-state index in [0.29, 0.717) is 6.54 Å². The molecule has 0 spiro atoms. The quantitative estimate of drug-likeness (QED) is 0.799. The van der Waals surface area contributed by atoms with Crippen molar-refractivity contribution in [3.63, 3.8) is 0 Å². The fourth-order valence-corrected chi connectivity index (χ4v) is 2.50. The average molecular weight is 282 g/mol. The Bertz CT molecular complexity index is 762. The van der Waals surface area contributed by atoms with Crippen LogP contribution in [0.5, 0.6) is 5.75 Å². The van der Waals surface area contributed by atoms with E-state index in [4.69, 9.17) is 4.74 Å². The maximum Gasteiger partial charge on any atom is 0.123 e. The van der Waals surface area contributed by atoms with Crippen LogP contribution >= 0.6 is 0 Å². The first-order valence-electron chi connectivity index (χ1n) is 6.94. The number of nitrogens with zero attached hydrogens (tertiary/aromatic N) is 2. The first-order valence-corrected chi connectivity index (χ1v) is 6.94. The minimum atomic E-state index is -0.491. The molecule has 2 aromatic carbocycles. The van der Waals surface area contributed by atoms with Crippen LogP contribution in [0, 0.1) is 0 Å². The van der Waals surface area contributed by atoms with Gasteiger partial charge in [-0.25, -0.2) is 4.98 Å². The lowest BCUT2D eigenvalue weighted by Gasteiger charge is -2.13. The number of hydrogen-bond donors (Lipinski definition) is 1. The summed E-state index contributed by atoms with van der Waals surface area (Å²) in [5, 5.41) is 9.75. The number of methoxy groups -OCH3 is 1. The van der Waals surface area contributed by atoms with E-state index in [-0.39, 0.29) is 0 Å². The molecule has 0 saturated heterocycles. The number of ether oxygens (including phenoxy) is 1. The topological polar surface area (TPSA) is 47.3 Å². The second-order valence-electron chi connectivity index (χ2n) is 5.11. The molecule has 0 aliphatic rings. The zero-order valence-electron chi connectivity index (χ0n) is 12.2. The number of para-hydroxylation sites is 2. The molecule has 4 nitrogen and oxygen atoms in total. The number of benzene rings is 2. The fourth-order valence-electron chi connectivity index (χ4n) is 2.50. The van der Waals surface area contributed by atoms with Gasteiger partial charge in [-0.1, -0.05) is 18.2 Å². The molecule has 3 rings (SSSR count). The minimum Gasteiger partial charge on any atom is -0.496 e. The molecular weight excluding hydrogens is 264 g/mol. The van der Waals surface area contributed by atoms with Crippen molar-refractivity contribution in [1.29, 1.82) is 0 Å². The Labute approximate surface area is 123 Å². The average Bonchev–Trinajstić information content (AvgIpc) is 2.90. The van der Waals surface area contributed by atoms with Gasteiger partial charge < -0.3 is 14.4 Å². The smallest absolute Gasteiger partial charge is 0.123 e. The van der Waals surface area contributed by atoms with Crippen LogP contribution in [0.1, 0.15) is 24.2 Å². The normalized spacial score (nSPS) is 12.5. The summed E-state index contributed by atoms with van der Waals surface area (Å²) in [6.07, 6.45) is 1.34. The van der Waals surface area contributed by atoms with Crippen molar-refractivity contribution in [3.05, 3.63) is 59.9 Å². The molecule has 1 aromatic heterocycles. The maximum absolute atomic E-state index is 9.75. The summed E-state index contributed by atoms with van der Waals surface area (Å²) in [6.45, 7) is 2.42. The summed E-state index contributed by atoms with van der Waals surface area (Å²) in [5.74, 6) is 0.817. The number of aliphatic hydroxyl groups excluding tert-OH is 1. The Morgan fingerprint density at radius 1 is 1.24 bits per heavy atom. The van der Waals surface area contributed by atoms with E-state index in [1.54, 1.807) is 14.0 Å². The van der Waals surface area contributed by atoms with Crippen molar-refractivity contribution >= 4 is 11.0 Å². The second kappa shape index (κ2) is 5.58. The molecule has 1 heterocycles. The summed E-state index contributed by atoms with van der Waals surface area (Å²) >= 11 is 0. The van der Waals surface area contributed by atoms with E-state index in [9.17, 15) is 5.11 Å². The maximum atomic E-state index is 9.75. The third kappa shape index (κ3) is 2.62. The standard InChI is InChI=1S/C17H18N2O2/c1-12(20)13-7-8-17(21-2)14(9-13)10-19-11-18-15-5-3-4-6-16(15)19/h3-9,11-12,20H,10H2,1-2H3. The van der Waals surface area contributed by atoms with E-state index < -0.39 is 6.10 Å². The highest BCUT2D eigenvalue weighted by Gasteiger charge is 2.10. The highest BCUT2D eigenvalue weighted by molar-refractivity contribution is 5.75. The molecule has 0 radical (unpaired) electrons. The molecule has 1 unspecified atom stereocenters. The molecule has 0 aliphatic heterocycles. The predicted octanol–water partition coefficient (Wildman–Crippen LogP) is 3.15. The Morgan fingerprint density at radius 3 is 2.81 bits per heavy atom. The highest BCUT2D eigenvalue weighted by Crippen LogP contribution is 2.25. The van der Waals surface area contributed by atoms with Crippen LogP contribution in [0.4, 0.5) is 0 Å². The fraction of sp³-hybridized carbons (Fsp3) is 0.235. The van der Waals surface area contributed by atoms with E-state index >= 15 is 0 Å². The molecule has 0 amide bonds. The summed E-state index contributed by atoms with van der Waals surface area (Å²) in [6, 6.07) is 13.8. The molecule has 0 bridgehead atoms. The number of aromatic nitrogens is 2. The summed E-state index contributed by atoms with van der Waals surface area (Å²) < 4.78 is 7.51. The van der Waals surface area contributed by atoms with Crippen molar-refractivity contribution in [3.8, 4) is 5.75 Å². The zero-order valence-corrected chi connectivity index (χ0v) is 12.2. The van der Waals surface area contributed by atoms with Gasteiger partial charge in [0.05, 0.1) is 37.1 Å². The predicted molar refractivity (Wildman–Crippen MR) is 82.5 cm³/mol. The number of rotatable bonds is 4. The van der Waals surface area contributed by atoms with Crippen LogP contribution in [-0.4, -0.2) is 21.8 Å². The SMILES string of the molecule is COc1ccc(C(C)O)cc1Cn1cnc2ccccc21. The first kappa shape index (κ1) is 13.6. The third-order valence-electron chi connectivity index (χ3n) is 3.65. The van der Waals surface area contributed by atoms with Crippen molar-refractivity contribution < 1.29 is 9.84 Å². The van der Waals surface area contributed by atoms with Gasteiger partial charge in [-0.3, -0.25) is 0 Å². The summed E-state index contributed by atoms with van der Waals surface area (Å²) in [4.78, 5) is 4.40. The van der Waals surface area contributed by atoms with Gasteiger partial charge in [0.1, 0.15) is 5.75 Å². The van der Waals surface area contributed by atoms with Crippen molar-refractivity contribution in [2.45, 2.75) is 19.6 Å². The molecule has 4 heteroatoms. The van der Waals surface area contributed by atoms with E-state index in [0.717, 1.165) is 27.9 Å². The van der Waals surface area contributed by atoms with Crippen LogP contribution in [0.15, 0.2) is 48.8 Å². The van der Waals surface area contributed by atoms with E-state index in [1.165, 1.54) is 0 Å². The molecule has 0 saturated carbocycles. The van der Waals surface area contributed by atoms with Gasteiger partial charge in [0.2, 0.25) is 0 Å². The molecule has 3 aromatic rings. The van der Waals surface area contributed by atoms with Crippen LogP contribution in [0.2, 0.25) is 0 Å². The van der Waals surface area contributed by atoms with Gasteiger partial charge in [-0.2, -0.15) is 0 Å². The van der Waals surface area contributed by atoms with Crippen LogP contribution < -0.4 is 4.74 Å². The first-order chi connectivity index (χ1) is 10.2. The number of fused-ring (bicyclic) bond motifs is 1. The lowest BCUT2D eigenvalue weighted by Crippen LogP contribution is -2.02. The number of aliphatic hydroxyl groups is 1. The van der Waals surface area contributed by atoms with Gasteiger partial charge in [0.25, 0.3) is 0 Å². The Kier molecular flexibility index (Phi) is 3.62. The van der Waals surface area contributed by atoms with Crippen LogP contribution in [0.3, 0.4) is 0 Å². The van der Waals surface area contributed by atoms with Crippen LogP contribution in [-0.2, 0) is 6.54 Å². The number of hydrogen-bond acceptors (Lipinski definition) is 3. The third-order valence-corrected chi connectivity index (χ3v) is 3.65. The monoisotopic (exact) mass is 282 g/mol. The van der Waals surface area contributed by atoms with Gasteiger partial charge in [-0.15, -0.1) is 0 Å². The lowest BCUT2D eigenvalue weighted by molar-refractivity contribution is 0.199. The van der Waals surface area contributed by atoms with Crippen LogP contribution in [0.25, 0.3) is 11.0 Å². The molecule has 21 heavy (non-hydrogen) atoms. The Morgan fingerprint density at radius 2 is 2.05 bits per heavy atom. The largest absolute Gasteiger partial charge is 0.496 e. The molecule has 1 atom stereocenters. The summed E-state index contributed by atoms with van der Waals surface area (Å²) in [7, 11) is 1.66. The molecule has 108 valence electrons. The van der Waals surface area contributed by atoms with Crippen molar-refractivity contribution in [2.75, 3.05) is 7.11 Å². The Hall–Kier alpha value is -2.33. The van der Waals surface area contributed by atoms with Crippen molar-refractivity contribution in [2.24, 2.45) is 0 Å². The molecule has 0 fully saturated rings. The minimum absolute atomic E-state index is 0.491. The van der Waals surface area contributed by atoms with E-state index in [1.807, 2.05) is 48.8 Å². The van der Waals surface area contributed by atoms with Gasteiger partial charge >= 0.3 is 0 Å². The zero-order chi connectivity index (χ0) is 14.8. The number of imidazole rings is 1. The summed E-state index contributed by atoms with van der Waals surface area (Å²) in [5.41, 5.74) is 3.97. The van der Waals surface area contributed by atoms with Gasteiger partial charge in [-0.05, 0) is 36.8 Å². The molecule has 0 aliphatic carbocycles. The second-order valence-corrected chi connectivity index (χ2v) is 5.11. The van der Waals surface area contributed by atoms with Gasteiger partial charge in [0.15, 0.2) is 0 Å². The molecule has 1 N–H and O–H groups in total. The van der Waals surface area contributed by atoms with Crippen molar-refractivity contribution in [1.82, 2.24) is 9.55 Å². The van der Waals surface area contributed by atoms with E-state index in [2.05, 4.69) is 9.55 Å². The highest BCUT2D eigenvalue weighted by atomic mass is 16.5. The molecular formula is C17H18N2O2.